The van der Waals surface area contributed by atoms with E-state index < -0.39 is 10.2 Å². The minimum Gasteiger partial charge on any atom is -0.440 e. The first-order valence-electron chi connectivity index (χ1n) is 8.76. The third-order valence-corrected chi connectivity index (χ3v) is 6.21. The van der Waals surface area contributed by atoms with Crippen LogP contribution in [0.2, 0.25) is 0 Å². The van der Waals surface area contributed by atoms with Crippen molar-refractivity contribution < 1.29 is 12.8 Å². The van der Waals surface area contributed by atoms with E-state index in [1.807, 2.05) is 54.6 Å². The van der Waals surface area contributed by atoms with Crippen molar-refractivity contribution in [2.24, 2.45) is 0 Å². The Balaban J connectivity index is 1.47. The van der Waals surface area contributed by atoms with Crippen LogP contribution in [0.3, 0.4) is 0 Å². The molecule has 0 amide bonds. The molecule has 136 valence electrons. The molecule has 1 fully saturated rings. The van der Waals surface area contributed by atoms with E-state index in [-0.39, 0.29) is 12.5 Å². The molecule has 3 aromatic rings. The van der Waals surface area contributed by atoms with Crippen LogP contribution in [0.4, 0.5) is 0 Å². The first-order chi connectivity index (χ1) is 12.6. The Morgan fingerprint density at radius 2 is 1.88 bits per heavy atom. The first-order valence-corrected chi connectivity index (χ1v) is 10.2. The summed E-state index contributed by atoms with van der Waals surface area (Å²) in [5.74, 6) is 0.596. The van der Waals surface area contributed by atoms with Crippen molar-refractivity contribution in [1.29, 1.82) is 0 Å². The van der Waals surface area contributed by atoms with Gasteiger partial charge in [0.2, 0.25) is 0 Å². The lowest BCUT2D eigenvalue weighted by atomic mass is 10.00. The molecule has 2 aromatic carbocycles. The van der Waals surface area contributed by atoms with Crippen molar-refractivity contribution in [3.63, 3.8) is 0 Å². The Morgan fingerprint density at radius 3 is 2.69 bits per heavy atom. The van der Waals surface area contributed by atoms with E-state index in [1.165, 1.54) is 4.31 Å². The molecule has 7 heteroatoms. The standard InChI is InChI=1S/C19H21N3O3S/c23-26(24,20-13-15-7-2-1-3-8-15)22-12-6-9-16(14-22)19-21-17-10-4-5-11-18(17)25-19/h1-5,7-8,10-11,16,20H,6,9,12-14H2/t16-/m1/s1. The van der Waals surface area contributed by atoms with Crippen LogP contribution in [-0.4, -0.2) is 30.8 Å². The number of aromatic nitrogens is 1. The third-order valence-electron chi connectivity index (χ3n) is 4.69. The molecule has 0 radical (unpaired) electrons. The van der Waals surface area contributed by atoms with Crippen LogP contribution in [0.25, 0.3) is 11.1 Å². The summed E-state index contributed by atoms with van der Waals surface area (Å²) in [6, 6.07) is 17.1. The first kappa shape index (κ1) is 17.2. The van der Waals surface area contributed by atoms with Crippen LogP contribution < -0.4 is 4.72 Å². The van der Waals surface area contributed by atoms with Crippen molar-refractivity contribution in [2.75, 3.05) is 13.1 Å². The van der Waals surface area contributed by atoms with E-state index in [2.05, 4.69) is 9.71 Å². The lowest BCUT2D eigenvalue weighted by molar-refractivity contribution is 0.285. The van der Waals surface area contributed by atoms with Crippen LogP contribution in [0, 0.1) is 0 Å². The molecule has 26 heavy (non-hydrogen) atoms. The fraction of sp³-hybridized carbons (Fsp3) is 0.316. The van der Waals surface area contributed by atoms with Crippen molar-refractivity contribution in [2.45, 2.75) is 25.3 Å². The van der Waals surface area contributed by atoms with Gasteiger partial charge in [0.15, 0.2) is 11.5 Å². The summed E-state index contributed by atoms with van der Waals surface area (Å²) in [5, 5.41) is 0. The number of fused-ring (bicyclic) bond motifs is 1. The van der Waals surface area contributed by atoms with Crippen LogP contribution in [0.1, 0.15) is 30.2 Å². The number of benzene rings is 2. The van der Waals surface area contributed by atoms with Crippen LogP contribution in [0.5, 0.6) is 0 Å². The summed E-state index contributed by atoms with van der Waals surface area (Å²) in [4.78, 5) is 4.54. The molecule has 0 unspecified atom stereocenters. The fourth-order valence-corrected chi connectivity index (χ4v) is 4.57. The third kappa shape index (κ3) is 3.65. The topological polar surface area (TPSA) is 75.4 Å². The molecule has 1 aliphatic rings. The number of oxazole rings is 1. The van der Waals surface area contributed by atoms with Gasteiger partial charge >= 0.3 is 0 Å². The monoisotopic (exact) mass is 371 g/mol. The van der Waals surface area contributed by atoms with E-state index >= 15 is 0 Å². The second kappa shape index (κ2) is 7.19. The molecule has 1 N–H and O–H groups in total. The molecule has 2 heterocycles. The highest BCUT2D eigenvalue weighted by molar-refractivity contribution is 7.87. The minimum absolute atomic E-state index is 0.0237. The highest BCUT2D eigenvalue weighted by Crippen LogP contribution is 2.29. The molecular weight excluding hydrogens is 350 g/mol. The van der Waals surface area contributed by atoms with Gasteiger partial charge in [-0.05, 0) is 30.5 Å². The van der Waals surface area contributed by atoms with E-state index in [9.17, 15) is 8.42 Å². The molecule has 1 aromatic heterocycles. The lowest BCUT2D eigenvalue weighted by Crippen LogP contribution is -2.45. The number of hydrogen-bond acceptors (Lipinski definition) is 4. The average Bonchev–Trinajstić information content (AvgIpc) is 3.12. The van der Waals surface area contributed by atoms with Gasteiger partial charge in [0, 0.05) is 25.6 Å². The van der Waals surface area contributed by atoms with Crippen LogP contribution in [0.15, 0.2) is 59.0 Å². The number of nitrogens with zero attached hydrogens (tertiary/aromatic N) is 2. The molecule has 1 aliphatic heterocycles. The molecule has 0 bridgehead atoms. The number of nitrogens with one attached hydrogen (secondary N) is 1. The lowest BCUT2D eigenvalue weighted by Gasteiger charge is -2.30. The normalized spacial score (nSPS) is 19.0. The molecule has 1 saturated heterocycles. The van der Waals surface area contributed by atoms with E-state index in [0.717, 1.165) is 29.5 Å². The zero-order valence-corrected chi connectivity index (χ0v) is 15.2. The summed E-state index contributed by atoms with van der Waals surface area (Å²) in [5.41, 5.74) is 2.48. The summed E-state index contributed by atoms with van der Waals surface area (Å²) < 4.78 is 35.4. The van der Waals surface area contributed by atoms with Gasteiger partial charge in [-0.3, -0.25) is 0 Å². The minimum atomic E-state index is -3.54. The number of para-hydroxylation sites is 2. The van der Waals surface area contributed by atoms with Crippen molar-refractivity contribution in [1.82, 2.24) is 14.0 Å². The highest BCUT2D eigenvalue weighted by atomic mass is 32.2. The molecule has 0 saturated carbocycles. The zero-order chi connectivity index (χ0) is 18.0. The Morgan fingerprint density at radius 1 is 1.12 bits per heavy atom. The quantitative estimate of drug-likeness (QED) is 0.748. The smallest absolute Gasteiger partial charge is 0.279 e. The summed E-state index contributed by atoms with van der Waals surface area (Å²) in [6.07, 6.45) is 1.66. The van der Waals surface area contributed by atoms with Crippen molar-refractivity contribution in [3.05, 3.63) is 66.1 Å². The Kier molecular flexibility index (Phi) is 4.76. The van der Waals surface area contributed by atoms with E-state index in [0.29, 0.717) is 19.0 Å². The maximum atomic E-state index is 12.7. The largest absolute Gasteiger partial charge is 0.440 e. The summed E-state index contributed by atoms with van der Waals surface area (Å²) in [6.45, 7) is 1.19. The SMILES string of the molecule is O=S(=O)(NCc1ccccc1)N1CCC[C@@H](c2nc3ccccc3o2)C1. The molecule has 4 rings (SSSR count). The fourth-order valence-electron chi connectivity index (χ4n) is 3.29. The Bertz CT molecular complexity index is 952. The number of hydrogen-bond donors (Lipinski definition) is 1. The Labute approximate surface area is 153 Å². The Hall–Kier alpha value is -2.22. The van der Waals surface area contributed by atoms with Crippen molar-refractivity contribution in [3.8, 4) is 0 Å². The van der Waals surface area contributed by atoms with Gasteiger partial charge < -0.3 is 4.42 Å². The average molecular weight is 371 g/mol. The molecule has 6 nitrogen and oxygen atoms in total. The van der Waals surface area contributed by atoms with Crippen LogP contribution >= 0.6 is 0 Å². The van der Waals surface area contributed by atoms with Gasteiger partial charge in [-0.2, -0.15) is 17.4 Å². The van der Waals surface area contributed by atoms with E-state index in [1.54, 1.807) is 0 Å². The molecule has 0 spiro atoms. The van der Waals surface area contributed by atoms with Crippen molar-refractivity contribution >= 4 is 21.3 Å². The summed E-state index contributed by atoms with van der Waals surface area (Å²) >= 11 is 0. The number of rotatable bonds is 5. The molecule has 1 atom stereocenters. The van der Waals surface area contributed by atoms with Gasteiger partial charge in [0.1, 0.15) is 5.52 Å². The maximum Gasteiger partial charge on any atom is 0.279 e. The predicted octanol–water partition coefficient (Wildman–Crippen LogP) is 3.04. The van der Waals surface area contributed by atoms with Gasteiger partial charge in [0.25, 0.3) is 10.2 Å². The molecule has 0 aliphatic carbocycles. The molecular formula is C19H21N3O3S. The second-order valence-corrected chi connectivity index (χ2v) is 8.28. The predicted molar refractivity (Wildman–Crippen MR) is 99.8 cm³/mol. The van der Waals surface area contributed by atoms with Gasteiger partial charge in [-0.15, -0.1) is 0 Å². The van der Waals surface area contributed by atoms with Gasteiger partial charge in [-0.25, -0.2) is 4.98 Å². The maximum absolute atomic E-state index is 12.7. The van der Waals surface area contributed by atoms with E-state index in [4.69, 9.17) is 4.42 Å². The van der Waals surface area contributed by atoms with Gasteiger partial charge in [0.05, 0.1) is 0 Å². The summed E-state index contributed by atoms with van der Waals surface area (Å²) in [7, 11) is -3.54. The second-order valence-electron chi connectivity index (χ2n) is 6.53. The van der Waals surface area contributed by atoms with Gasteiger partial charge in [-0.1, -0.05) is 42.5 Å². The van der Waals surface area contributed by atoms with Crippen LogP contribution in [-0.2, 0) is 16.8 Å². The number of piperidine rings is 1. The highest BCUT2D eigenvalue weighted by Gasteiger charge is 2.31. The zero-order valence-electron chi connectivity index (χ0n) is 14.3.